The first-order chi connectivity index (χ1) is 27.7. The van der Waals surface area contributed by atoms with Gasteiger partial charge in [0.2, 0.25) is 12.4 Å². The largest absolute Gasteiger partial charge is 0.496 e. The number of halogens is 1. The molecule has 0 spiro atoms. The number of hydrogen-bond acceptors (Lipinski definition) is 14. The van der Waals surface area contributed by atoms with Crippen molar-refractivity contribution in [2.75, 3.05) is 20.8 Å². The van der Waals surface area contributed by atoms with E-state index < -0.39 is 60.6 Å². The third kappa shape index (κ3) is 9.95. The Morgan fingerprint density at radius 2 is 1.34 bits per heavy atom. The molecule has 58 heavy (non-hydrogen) atoms. The summed E-state index contributed by atoms with van der Waals surface area (Å²) in [6, 6.07) is 10.5. The van der Waals surface area contributed by atoms with Gasteiger partial charge in [-0.05, 0) is 91.2 Å². The number of ether oxygens (including phenoxy) is 9. The lowest BCUT2D eigenvalue weighted by atomic mass is 9.54. The molecular formula is C43H49ClO14. The fourth-order valence-electron chi connectivity index (χ4n) is 8.93. The van der Waals surface area contributed by atoms with Crippen LogP contribution in [0, 0.1) is 23.7 Å². The van der Waals surface area contributed by atoms with E-state index >= 15 is 0 Å². The van der Waals surface area contributed by atoms with Crippen molar-refractivity contribution >= 4 is 53.3 Å². The number of benzene rings is 2. The van der Waals surface area contributed by atoms with Crippen molar-refractivity contribution in [2.24, 2.45) is 23.7 Å². The minimum absolute atomic E-state index is 0.0645. The highest BCUT2D eigenvalue weighted by atomic mass is 35.5. The molecule has 14 nitrogen and oxygen atoms in total. The highest BCUT2D eigenvalue weighted by Crippen LogP contribution is 2.58. The van der Waals surface area contributed by atoms with Crippen molar-refractivity contribution in [2.45, 2.75) is 97.1 Å². The van der Waals surface area contributed by atoms with E-state index in [-0.39, 0.29) is 19.0 Å². The molecule has 2 aromatic carbocycles. The molecule has 4 bridgehead atoms. The van der Waals surface area contributed by atoms with E-state index in [9.17, 15) is 24.0 Å². The molecule has 0 N–H and O–H groups in total. The maximum atomic E-state index is 12.2. The van der Waals surface area contributed by atoms with Gasteiger partial charge in [-0.25, -0.2) is 4.79 Å². The fraction of sp³-hybridized carbons (Fsp3) is 0.512. The van der Waals surface area contributed by atoms with Crippen molar-refractivity contribution in [3.05, 3.63) is 69.8 Å². The van der Waals surface area contributed by atoms with Crippen LogP contribution in [0.1, 0.15) is 76.5 Å². The molecule has 2 unspecified atom stereocenters. The summed E-state index contributed by atoms with van der Waals surface area (Å²) in [6.45, 7) is 4.30. The van der Waals surface area contributed by atoms with Crippen molar-refractivity contribution in [3.8, 4) is 11.5 Å². The number of rotatable bonds is 14. The molecule has 1 aliphatic heterocycles. The lowest BCUT2D eigenvalue weighted by Gasteiger charge is -2.51. The monoisotopic (exact) mass is 824 g/mol. The number of allylic oxidation sites excluding steroid dienone is 1. The number of hydrogen-bond donors (Lipinski definition) is 0. The summed E-state index contributed by atoms with van der Waals surface area (Å²) in [5.74, 6) is 0.476. The van der Waals surface area contributed by atoms with E-state index in [1.165, 1.54) is 57.8 Å². The number of esters is 5. The second kappa shape index (κ2) is 18.7. The SMILES string of the molecule is COC(=O)/C=C/c1ccc(C(OC)=C2C3CC4CC(C3)CC2C4)c(Cl)c1OCc1ccc(O[C@@H]2OC(COC(C)=O)[C@H](OC(C)=O)C(OC(C)=O)[C@@H]2OC(C)=O)cc1. The Hall–Kier alpha value is -5.08. The van der Waals surface area contributed by atoms with Gasteiger partial charge < -0.3 is 42.6 Å². The molecule has 4 aliphatic carbocycles. The molecule has 5 fully saturated rings. The fourth-order valence-corrected chi connectivity index (χ4v) is 9.25. The molecule has 312 valence electrons. The minimum Gasteiger partial charge on any atom is -0.496 e. The van der Waals surface area contributed by atoms with Crippen molar-refractivity contribution in [3.63, 3.8) is 0 Å². The molecule has 0 amide bonds. The van der Waals surface area contributed by atoms with E-state index in [4.69, 9.17) is 54.2 Å². The van der Waals surface area contributed by atoms with Crippen molar-refractivity contribution < 1.29 is 66.6 Å². The zero-order chi connectivity index (χ0) is 41.7. The van der Waals surface area contributed by atoms with Gasteiger partial charge in [0.05, 0.1) is 19.2 Å². The summed E-state index contributed by atoms with van der Waals surface area (Å²) in [5.41, 5.74) is 3.34. The smallest absolute Gasteiger partial charge is 0.330 e. The third-order valence-electron chi connectivity index (χ3n) is 11.0. The van der Waals surface area contributed by atoms with Crippen LogP contribution in [0.2, 0.25) is 5.02 Å². The van der Waals surface area contributed by atoms with E-state index in [1.807, 2.05) is 12.1 Å². The Kier molecular flexibility index (Phi) is 13.7. The zero-order valence-electron chi connectivity index (χ0n) is 33.4. The Morgan fingerprint density at radius 1 is 0.741 bits per heavy atom. The second-order valence-electron chi connectivity index (χ2n) is 15.1. The molecule has 4 saturated carbocycles. The van der Waals surface area contributed by atoms with Gasteiger partial charge in [-0.2, -0.15) is 0 Å². The van der Waals surface area contributed by atoms with Gasteiger partial charge in [0.1, 0.15) is 36.6 Å². The molecule has 1 heterocycles. The van der Waals surface area contributed by atoms with Gasteiger partial charge in [-0.15, -0.1) is 0 Å². The molecule has 1 saturated heterocycles. The molecule has 2 aromatic rings. The molecule has 15 heteroatoms. The molecule has 0 aromatic heterocycles. The van der Waals surface area contributed by atoms with E-state index in [1.54, 1.807) is 37.5 Å². The van der Waals surface area contributed by atoms with Crippen molar-refractivity contribution in [1.29, 1.82) is 0 Å². The van der Waals surface area contributed by atoms with Crippen LogP contribution in [0.25, 0.3) is 11.8 Å². The summed E-state index contributed by atoms with van der Waals surface area (Å²) in [4.78, 5) is 60.3. The lowest BCUT2D eigenvalue weighted by Crippen LogP contribution is -2.63. The average molecular weight is 825 g/mol. The van der Waals surface area contributed by atoms with E-state index in [0.717, 1.165) is 43.9 Å². The lowest BCUT2D eigenvalue weighted by molar-refractivity contribution is -0.288. The van der Waals surface area contributed by atoms with Crippen LogP contribution in [0.15, 0.2) is 48.0 Å². The summed E-state index contributed by atoms with van der Waals surface area (Å²) in [7, 11) is 2.98. The van der Waals surface area contributed by atoms with Crippen molar-refractivity contribution in [1.82, 2.24) is 0 Å². The van der Waals surface area contributed by atoms with Crippen LogP contribution in [-0.4, -0.2) is 81.4 Å². The van der Waals surface area contributed by atoms with Crippen LogP contribution in [0.5, 0.6) is 11.5 Å². The van der Waals surface area contributed by atoms with Gasteiger partial charge in [0, 0.05) is 44.9 Å². The molecule has 0 radical (unpaired) electrons. The highest BCUT2D eigenvalue weighted by molar-refractivity contribution is 6.34. The van der Waals surface area contributed by atoms with Gasteiger partial charge >= 0.3 is 29.8 Å². The first-order valence-electron chi connectivity index (χ1n) is 19.3. The number of carbonyl (C=O) groups excluding carboxylic acids is 5. The highest BCUT2D eigenvalue weighted by Gasteiger charge is 2.53. The van der Waals surface area contributed by atoms with Gasteiger partial charge in [-0.3, -0.25) is 19.2 Å². The van der Waals surface area contributed by atoms with Gasteiger partial charge in [-0.1, -0.05) is 29.8 Å². The second-order valence-corrected chi connectivity index (χ2v) is 15.5. The molecular weight excluding hydrogens is 776 g/mol. The molecule has 7 rings (SSSR count). The number of methoxy groups -OCH3 is 2. The molecule has 5 aliphatic rings. The van der Waals surface area contributed by atoms with Crippen LogP contribution in [0.4, 0.5) is 0 Å². The maximum absolute atomic E-state index is 12.2. The zero-order valence-corrected chi connectivity index (χ0v) is 34.1. The van der Waals surface area contributed by atoms with Crippen LogP contribution in [-0.2, 0) is 63.7 Å². The van der Waals surface area contributed by atoms with E-state index in [2.05, 4.69) is 0 Å². The Balaban J connectivity index is 1.25. The normalized spacial score (nSPS) is 27.0. The third-order valence-corrected chi connectivity index (χ3v) is 11.3. The average Bonchev–Trinajstić information content (AvgIpc) is 3.16. The Morgan fingerprint density at radius 3 is 1.91 bits per heavy atom. The Bertz CT molecular complexity index is 1910. The van der Waals surface area contributed by atoms with E-state index in [0.29, 0.717) is 33.7 Å². The summed E-state index contributed by atoms with van der Waals surface area (Å²) in [6.07, 6.45) is 2.25. The minimum atomic E-state index is -1.40. The predicted molar refractivity (Wildman–Crippen MR) is 207 cm³/mol. The van der Waals surface area contributed by atoms with Crippen LogP contribution in [0.3, 0.4) is 0 Å². The predicted octanol–water partition coefficient (Wildman–Crippen LogP) is 6.38. The topological polar surface area (TPSA) is 168 Å². The van der Waals surface area contributed by atoms with Crippen LogP contribution < -0.4 is 9.47 Å². The van der Waals surface area contributed by atoms with Gasteiger partial charge in [0.15, 0.2) is 12.2 Å². The summed E-state index contributed by atoms with van der Waals surface area (Å²) >= 11 is 7.19. The molecule has 5 atom stereocenters. The summed E-state index contributed by atoms with van der Waals surface area (Å²) in [5, 5.41) is 0.355. The van der Waals surface area contributed by atoms with Gasteiger partial charge in [0.25, 0.3) is 0 Å². The first kappa shape index (κ1) is 42.5. The first-order valence-corrected chi connectivity index (χ1v) is 19.7. The Labute approximate surface area is 342 Å². The van der Waals surface area contributed by atoms with Crippen LogP contribution >= 0.6 is 11.6 Å². The number of carbonyl (C=O) groups is 5. The summed E-state index contributed by atoms with van der Waals surface area (Å²) < 4.78 is 51.1. The maximum Gasteiger partial charge on any atom is 0.330 e. The standard InChI is InChI=1S/C43H49ClO14/c1-22(45)52-21-34-40(54-23(2)46)41(55-24(3)47)42(56-25(4)48)43(58-34)57-32-11-7-26(8-12-32)20-53-38-29(10-14-35(49)50-5)9-13-33(37(38)44)39(51-6)36-30-16-27-15-28(18-30)19-31(36)17-27/h7-14,27-28,30-31,34,40-43H,15-21H2,1-6H3/b14-10+,39-36?/t27?,28?,30?,31?,34?,40-,41?,42-,43+/m0/s1. The quantitative estimate of drug-likeness (QED) is 0.0891.